The molecule has 1 amide bonds. The number of thioether (sulfide) groups is 1. The Bertz CT molecular complexity index is 672. The Morgan fingerprint density at radius 3 is 2.55 bits per heavy atom. The van der Waals surface area contributed by atoms with Crippen molar-refractivity contribution in [1.29, 1.82) is 0 Å². The van der Waals surface area contributed by atoms with Crippen molar-refractivity contribution in [3.8, 4) is 11.5 Å². The summed E-state index contributed by atoms with van der Waals surface area (Å²) in [7, 11) is 2.98. The van der Waals surface area contributed by atoms with Crippen molar-refractivity contribution >= 4 is 23.6 Å². The summed E-state index contributed by atoms with van der Waals surface area (Å²) in [4.78, 5) is 26.0. The molecule has 7 heteroatoms. The highest BCUT2D eigenvalue weighted by atomic mass is 32.2. The topological polar surface area (TPSA) is 76.1 Å². The fourth-order valence-electron chi connectivity index (χ4n) is 3.23. The van der Waals surface area contributed by atoms with Crippen molar-refractivity contribution in [3.63, 3.8) is 0 Å². The van der Waals surface area contributed by atoms with Crippen LogP contribution in [0.2, 0.25) is 0 Å². The van der Waals surface area contributed by atoms with Crippen molar-refractivity contribution in [1.82, 2.24) is 4.90 Å². The van der Waals surface area contributed by atoms with E-state index in [0.29, 0.717) is 17.1 Å². The Morgan fingerprint density at radius 1 is 1.32 bits per heavy atom. The normalized spacial score (nSPS) is 24.9. The molecule has 2 atom stereocenters. The number of carboxylic acids is 1. The van der Waals surface area contributed by atoms with Crippen molar-refractivity contribution in [2.24, 2.45) is 0 Å². The molecule has 118 valence electrons. The highest BCUT2D eigenvalue weighted by molar-refractivity contribution is 8.01. The Balaban J connectivity index is 2.17. The highest BCUT2D eigenvalue weighted by Gasteiger charge is 2.58. The summed E-state index contributed by atoms with van der Waals surface area (Å²) >= 11 is 1.48. The van der Waals surface area contributed by atoms with Gasteiger partial charge in [0.15, 0.2) is 11.5 Å². The third kappa shape index (κ3) is 1.81. The molecule has 3 rings (SSSR count). The van der Waals surface area contributed by atoms with E-state index in [1.54, 1.807) is 6.07 Å². The second-order valence-electron chi connectivity index (χ2n) is 5.79. The van der Waals surface area contributed by atoms with E-state index in [4.69, 9.17) is 9.47 Å². The van der Waals surface area contributed by atoms with Crippen LogP contribution in [-0.4, -0.2) is 46.9 Å². The molecule has 2 aliphatic heterocycles. The largest absolute Gasteiger partial charge is 0.493 e. The smallest absolute Gasteiger partial charge is 0.327 e. The summed E-state index contributed by atoms with van der Waals surface area (Å²) in [6, 6.07) is 2.68. The molecule has 1 aromatic carbocycles. The van der Waals surface area contributed by atoms with Crippen molar-refractivity contribution in [2.45, 2.75) is 30.0 Å². The molecule has 6 nitrogen and oxygen atoms in total. The monoisotopic (exact) mass is 323 g/mol. The van der Waals surface area contributed by atoms with Gasteiger partial charge < -0.3 is 19.5 Å². The lowest BCUT2D eigenvalue weighted by Gasteiger charge is -2.26. The molecule has 1 aromatic rings. The first kappa shape index (κ1) is 15.0. The number of hydrogen-bond acceptors (Lipinski definition) is 5. The van der Waals surface area contributed by atoms with Crippen LogP contribution in [0.25, 0.3) is 0 Å². The van der Waals surface area contributed by atoms with Gasteiger partial charge in [-0.05, 0) is 19.9 Å². The molecule has 0 bridgehead atoms. The number of rotatable bonds is 3. The number of carbonyl (C=O) groups excluding carboxylic acids is 1. The lowest BCUT2D eigenvalue weighted by molar-refractivity contribution is -0.142. The zero-order valence-electron chi connectivity index (χ0n) is 12.7. The number of nitrogens with zero attached hydrogens (tertiary/aromatic N) is 1. The molecule has 0 radical (unpaired) electrons. The van der Waals surface area contributed by atoms with Gasteiger partial charge in [-0.3, -0.25) is 4.79 Å². The molecule has 1 saturated heterocycles. The summed E-state index contributed by atoms with van der Waals surface area (Å²) in [5.74, 6) is -0.484. The maximum Gasteiger partial charge on any atom is 0.327 e. The number of ether oxygens (including phenoxy) is 2. The van der Waals surface area contributed by atoms with Gasteiger partial charge in [-0.25, -0.2) is 4.79 Å². The minimum atomic E-state index is -0.993. The third-order valence-corrected chi connectivity index (χ3v) is 5.67. The van der Waals surface area contributed by atoms with E-state index in [1.807, 2.05) is 19.9 Å². The molecule has 2 unspecified atom stereocenters. The first-order valence-corrected chi connectivity index (χ1v) is 7.69. The number of aliphatic carboxylic acids is 1. The summed E-state index contributed by atoms with van der Waals surface area (Å²) in [6.45, 7) is 3.70. The first-order valence-electron chi connectivity index (χ1n) is 6.81. The van der Waals surface area contributed by atoms with E-state index in [9.17, 15) is 14.7 Å². The maximum atomic E-state index is 12.8. The van der Waals surface area contributed by atoms with Crippen LogP contribution in [0.5, 0.6) is 11.5 Å². The van der Waals surface area contributed by atoms with Crippen molar-refractivity contribution in [3.05, 3.63) is 23.3 Å². The fraction of sp³-hybridized carbons (Fsp3) is 0.467. The van der Waals surface area contributed by atoms with Gasteiger partial charge in [0.2, 0.25) is 0 Å². The number of fused-ring (bicyclic) bond motifs is 3. The van der Waals surface area contributed by atoms with Gasteiger partial charge >= 0.3 is 5.97 Å². The Morgan fingerprint density at radius 2 is 2.00 bits per heavy atom. The van der Waals surface area contributed by atoms with E-state index < -0.39 is 16.8 Å². The standard InChI is InChI=1S/C15H17NO5S/c1-15(2)11(14(18)19)16-12(17)9-7(13(16)22-15)5-6-8(20-3)10(9)21-4/h5-6,11,13H,1-4H3,(H,18,19). The molecule has 22 heavy (non-hydrogen) atoms. The van der Waals surface area contributed by atoms with Crippen LogP contribution in [0.1, 0.15) is 35.1 Å². The van der Waals surface area contributed by atoms with Crippen LogP contribution < -0.4 is 9.47 Å². The molecule has 1 fully saturated rings. The molecule has 0 aromatic heterocycles. The highest BCUT2D eigenvalue weighted by Crippen LogP contribution is 2.58. The molecule has 0 saturated carbocycles. The van der Waals surface area contributed by atoms with Crippen LogP contribution in [0.3, 0.4) is 0 Å². The molecule has 0 spiro atoms. The number of amides is 1. The van der Waals surface area contributed by atoms with E-state index in [1.165, 1.54) is 30.9 Å². The van der Waals surface area contributed by atoms with Crippen molar-refractivity contribution in [2.75, 3.05) is 14.2 Å². The summed E-state index contributed by atoms with van der Waals surface area (Å²) < 4.78 is 10.0. The first-order chi connectivity index (χ1) is 10.3. The number of carboxylic acid groups (broad SMARTS) is 1. The lowest BCUT2D eigenvalue weighted by Crippen LogP contribution is -2.47. The number of methoxy groups -OCH3 is 2. The van der Waals surface area contributed by atoms with E-state index >= 15 is 0 Å². The SMILES string of the molecule is COc1ccc2c(c1OC)C(=O)N1C2SC(C)(C)C1C(=O)O. The second kappa shape index (κ2) is 4.81. The molecular formula is C15H17NO5S. The zero-order chi connectivity index (χ0) is 16.2. The van der Waals surface area contributed by atoms with Gasteiger partial charge in [-0.2, -0.15) is 0 Å². The quantitative estimate of drug-likeness (QED) is 0.918. The van der Waals surface area contributed by atoms with Crippen LogP contribution in [-0.2, 0) is 4.79 Å². The molecular weight excluding hydrogens is 306 g/mol. The average molecular weight is 323 g/mol. The third-order valence-electron chi connectivity index (χ3n) is 4.13. The predicted octanol–water partition coefficient (Wildman–Crippen LogP) is 2.14. The predicted molar refractivity (Wildman–Crippen MR) is 81.6 cm³/mol. The van der Waals surface area contributed by atoms with Gasteiger partial charge in [0, 0.05) is 10.3 Å². The van der Waals surface area contributed by atoms with Crippen LogP contribution in [0, 0.1) is 0 Å². The van der Waals surface area contributed by atoms with Gasteiger partial charge in [0.25, 0.3) is 5.91 Å². The Kier molecular flexibility index (Phi) is 3.28. The van der Waals surface area contributed by atoms with Crippen LogP contribution in [0.15, 0.2) is 12.1 Å². The van der Waals surface area contributed by atoms with Gasteiger partial charge in [0.05, 0.1) is 19.8 Å². The van der Waals surface area contributed by atoms with E-state index in [2.05, 4.69) is 0 Å². The average Bonchev–Trinajstić information content (AvgIpc) is 2.88. The molecule has 0 aliphatic carbocycles. The minimum Gasteiger partial charge on any atom is -0.493 e. The molecule has 2 heterocycles. The molecule has 2 aliphatic rings. The summed E-state index contributed by atoms with van der Waals surface area (Å²) in [5.41, 5.74) is 1.19. The Labute approximate surface area is 132 Å². The number of carbonyl (C=O) groups is 2. The van der Waals surface area contributed by atoms with Crippen LogP contribution >= 0.6 is 11.8 Å². The molecule has 1 N–H and O–H groups in total. The lowest BCUT2D eigenvalue weighted by atomic mass is 10.0. The zero-order valence-corrected chi connectivity index (χ0v) is 13.6. The second-order valence-corrected chi connectivity index (χ2v) is 7.53. The van der Waals surface area contributed by atoms with Gasteiger partial charge in [0.1, 0.15) is 11.4 Å². The maximum absolute atomic E-state index is 12.8. The van der Waals surface area contributed by atoms with E-state index in [-0.39, 0.29) is 11.3 Å². The minimum absolute atomic E-state index is 0.307. The van der Waals surface area contributed by atoms with E-state index in [0.717, 1.165) is 5.56 Å². The number of hydrogen-bond donors (Lipinski definition) is 1. The Hall–Kier alpha value is -1.89. The van der Waals surface area contributed by atoms with Gasteiger partial charge in [-0.15, -0.1) is 11.8 Å². The van der Waals surface area contributed by atoms with Crippen LogP contribution in [0.4, 0.5) is 0 Å². The number of benzene rings is 1. The van der Waals surface area contributed by atoms with Crippen molar-refractivity contribution < 1.29 is 24.2 Å². The summed E-state index contributed by atoms with van der Waals surface area (Å²) in [6.07, 6.45) is 0. The summed E-state index contributed by atoms with van der Waals surface area (Å²) in [5, 5.41) is 9.25. The van der Waals surface area contributed by atoms with Gasteiger partial charge in [-0.1, -0.05) is 6.07 Å². The fourth-order valence-corrected chi connectivity index (χ4v) is 4.80.